The Morgan fingerprint density at radius 2 is 2.06 bits per heavy atom. The molecule has 0 saturated heterocycles. The van der Waals surface area contributed by atoms with Crippen LogP contribution in [0.15, 0.2) is 16.6 Å². The minimum Gasteiger partial charge on any atom is -0.381 e. The van der Waals surface area contributed by atoms with Crippen molar-refractivity contribution in [2.24, 2.45) is 0 Å². The van der Waals surface area contributed by atoms with E-state index in [1.165, 1.54) is 13.0 Å². The van der Waals surface area contributed by atoms with Gasteiger partial charge in [-0.05, 0) is 26.0 Å². The van der Waals surface area contributed by atoms with E-state index in [-0.39, 0.29) is 17.6 Å². The Labute approximate surface area is 103 Å². The molecule has 0 bridgehead atoms. The molecule has 0 heterocycles. The van der Waals surface area contributed by atoms with Gasteiger partial charge in [0, 0.05) is 17.4 Å². The molecular formula is C11H14BrFN2O. The van der Waals surface area contributed by atoms with Crippen LogP contribution in [0.2, 0.25) is 0 Å². The number of amides is 1. The van der Waals surface area contributed by atoms with Crippen molar-refractivity contribution in [2.75, 3.05) is 10.6 Å². The van der Waals surface area contributed by atoms with Gasteiger partial charge in [-0.25, -0.2) is 4.39 Å². The second-order valence-electron chi connectivity index (χ2n) is 3.79. The first-order chi connectivity index (χ1) is 7.40. The molecule has 2 N–H and O–H groups in total. The number of hydrogen-bond donors (Lipinski definition) is 2. The van der Waals surface area contributed by atoms with E-state index in [2.05, 4.69) is 26.6 Å². The maximum Gasteiger partial charge on any atom is 0.221 e. The van der Waals surface area contributed by atoms with Gasteiger partial charge < -0.3 is 10.6 Å². The van der Waals surface area contributed by atoms with Crippen LogP contribution < -0.4 is 10.6 Å². The lowest BCUT2D eigenvalue weighted by Gasteiger charge is -2.16. The first-order valence-corrected chi connectivity index (χ1v) is 5.72. The summed E-state index contributed by atoms with van der Waals surface area (Å²) in [7, 11) is 0. The molecule has 1 aromatic carbocycles. The molecule has 3 nitrogen and oxygen atoms in total. The Hall–Kier alpha value is -1.10. The number of carbonyl (C=O) groups excluding carboxylic acids is 1. The summed E-state index contributed by atoms with van der Waals surface area (Å²) < 4.78 is 14.3. The van der Waals surface area contributed by atoms with Gasteiger partial charge >= 0.3 is 0 Å². The van der Waals surface area contributed by atoms with Gasteiger partial charge in [0.25, 0.3) is 0 Å². The fourth-order valence-corrected chi connectivity index (χ4v) is 1.73. The summed E-state index contributed by atoms with van der Waals surface area (Å²) >= 11 is 3.21. The van der Waals surface area contributed by atoms with Crippen molar-refractivity contribution in [3.8, 4) is 0 Å². The number of benzene rings is 1. The molecule has 0 aromatic heterocycles. The first-order valence-electron chi connectivity index (χ1n) is 4.93. The van der Waals surface area contributed by atoms with Gasteiger partial charge in [-0.15, -0.1) is 0 Å². The summed E-state index contributed by atoms with van der Waals surface area (Å²) in [4.78, 5) is 11.0. The molecule has 5 heteroatoms. The standard InChI is InChI=1S/C11H14BrFN2O/c1-6(2)14-10-5-8(12)4-9(13)11(10)15-7(3)16/h4-6,14H,1-3H3,(H,15,16). The summed E-state index contributed by atoms with van der Waals surface area (Å²) in [6.07, 6.45) is 0. The zero-order chi connectivity index (χ0) is 12.3. The molecule has 1 rings (SSSR count). The zero-order valence-electron chi connectivity index (χ0n) is 9.40. The molecule has 0 saturated carbocycles. The molecule has 88 valence electrons. The maximum atomic E-state index is 13.6. The number of rotatable bonds is 3. The lowest BCUT2D eigenvalue weighted by atomic mass is 10.2. The van der Waals surface area contributed by atoms with Crippen LogP contribution in [0.3, 0.4) is 0 Å². The van der Waals surface area contributed by atoms with Crippen LogP contribution in [0.25, 0.3) is 0 Å². The van der Waals surface area contributed by atoms with Crippen LogP contribution in [0.5, 0.6) is 0 Å². The van der Waals surface area contributed by atoms with Gasteiger partial charge in [0.2, 0.25) is 5.91 Å². The van der Waals surface area contributed by atoms with E-state index >= 15 is 0 Å². The highest BCUT2D eigenvalue weighted by Gasteiger charge is 2.12. The van der Waals surface area contributed by atoms with Crippen molar-refractivity contribution < 1.29 is 9.18 Å². The predicted molar refractivity (Wildman–Crippen MR) is 67.2 cm³/mol. The minimum atomic E-state index is -0.465. The topological polar surface area (TPSA) is 41.1 Å². The number of nitrogens with one attached hydrogen (secondary N) is 2. The second-order valence-corrected chi connectivity index (χ2v) is 4.71. The highest BCUT2D eigenvalue weighted by atomic mass is 79.9. The average Bonchev–Trinajstić information content (AvgIpc) is 2.09. The van der Waals surface area contributed by atoms with Crippen molar-refractivity contribution in [3.63, 3.8) is 0 Å². The molecule has 0 radical (unpaired) electrons. The Bertz CT molecular complexity index is 407. The molecule has 0 aliphatic carbocycles. The third kappa shape index (κ3) is 3.48. The Kier molecular flexibility index (Phi) is 4.29. The lowest BCUT2D eigenvalue weighted by molar-refractivity contribution is -0.114. The van der Waals surface area contributed by atoms with Gasteiger partial charge in [0.15, 0.2) is 0 Å². The highest BCUT2D eigenvalue weighted by molar-refractivity contribution is 9.10. The van der Waals surface area contributed by atoms with Crippen molar-refractivity contribution in [1.29, 1.82) is 0 Å². The Morgan fingerprint density at radius 3 is 2.56 bits per heavy atom. The molecule has 0 unspecified atom stereocenters. The number of anilines is 2. The second kappa shape index (κ2) is 5.30. The summed E-state index contributed by atoms with van der Waals surface area (Å²) in [5, 5.41) is 5.55. The van der Waals surface area contributed by atoms with Gasteiger partial charge in [-0.3, -0.25) is 4.79 Å². The average molecular weight is 289 g/mol. The fraction of sp³-hybridized carbons (Fsp3) is 0.364. The van der Waals surface area contributed by atoms with Gasteiger partial charge in [0.05, 0.1) is 5.69 Å². The van der Waals surface area contributed by atoms with Crippen molar-refractivity contribution in [2.45, 2.75) is 26.8 Å². The number of halogens is 2. The third-order valence-electron chi connectivity index (χ3n) is 1.80. The SMILES string of the molecule is CC(=O)Nc1c(F)cc(Br)cc1NC(C)C. The predicted octanol–water partition coefficient (Wildman–Crippen LogP) is 3.37. The minimum absolute atomic E-state index is 0.154. The molecule has 0 aliphatic heterocycles. The molecule has 16 heavy (non-hydrogen) atoms. The smallest absolute Gasteiger partial charge is 0.221 e. The molecule has 0 atom stereocenters. The van der Waals surface area contributed by atoms with E-state index in [1.807, 2.05) is 13.8 Å². The molecule has 0 aliphatic rings. The molecule has 1 amide bonds. The maximum absolute atomic E-state index is 13.6. The van der Waals surface area contributed by atoms with Crippen LogP contribution in [0.4, 0.5) is 15.8 Å². The Morgan fingerprint density at radius 1 is 1.44 bits per heavy atom. The Balaban J connectivity index is 3.15. The van der Waals surface area contributed by atoms with Crippen molar-refractivity contribution in [3.05, 3.63) is 22.4 Å². The van der Waals surface area contributed by atoms with E-state index in [1.54, 1.807) is 6.07 Å². The molecule has 0 fully saturated rings. The van der Waals surface area contributed by atoms with Gasteiger partial charge in [-0.1, -0.05) is 15.9 Å². The van der Waals surface area contributed by atoms with Gasteiger partial charge in [0.1, 0.15) is 11.5 Å². The van der Waals surface area contributed by atoms with Crippen LogP contribution in [-0.4, -0.2) is 11.9 Å². The monoisotopic (exact) mass is 288 g/mol. The normalized spacial score (nSPS) is 10.4. The third-order valence-corrected chi connectivity index (χ3v) is 2.26. The van der Waals surface area contributed by atoms with Gasteiger partial charge in [-0.2, -0.15) is 0 Å². The molecule has 1 aromatic rings. The molecular weight excluding hydrogens is 275 g/mol. The summed E-state index contributed by atoms with van der Waals surface area (Å²) in [6.45, 7) is 5.23. The van der Waals surface area contributed by atoms with Crippen LogP contribution in [0.1, 0.15) is 20.8 Å². The van der Waals surface area contributed by atoms with Crippen LogP contribution in [-0.2, 0) is 4.79 Å². The quantitative estimate of drug-likeness (QED) is 0.895. The van der Waals surface area contributed by atoms with E-state index in [4.69, 9.17) is 0 Å². The van der Waals surface area contributed by atoms with E-state index in [9.17, 15) is 9.18 Å². The molecule has 0 spiro atoms. The van der Waals surface area contributed by atoms with Crippen LogP contribution >= 0.6 is 15.9 Å². The van der Waals surface area contributed by atoms with Crippen molar-refractivity contribution in [1.82, 2.24) is 0 Å². The number of carbonyl (C=O) groups is 1. The fourth-order valence-electron chi connectivity index (χ4n) is 1.30. The summed E-state index contributed by atoms with van der Waals surface area (Å²) in [5.41, 5.74) is 0.751. The summed E-state index contributed by atoms with van der Waals surface area (Å²) in [5.74, 6) is -0.763. The summed E-state index contributed by atoms with van der Waals surface area (Å²) in [6, 6.07) is 3.20. The van der Waals surface area contributed by atoms with E-state index < -0.39 is 5.82 Å². The van der Waals surface area contributed by atoms with E-state index in [0.29, 0.717) is 10.2 Å². The van der Waals surface area contributed by atoms with E-state index in [0.717, 1.165) is 0 Å². The number of hydrogen-bond acceptors (Lipinski definition) is 2. The van der Waals surface area contributed by atoms with Crippen LogP contribution in [0, 0.1) is 5.82 Å². The van der Waals surface area contributed by atoms with Crippen molar-refractivity contribution >= 4 is 33.2 Å². The zero-order valence-corrected chi connectivity index (χ0v) is 11.0. The highest BCUT2D eigenvalue weighted by Crippen LogP contribution is 2.30. The lowest BCUT2D eigenvalue weighted by Crippen LogP contribution is -2.15. The first kappa shape index (κ1) is 13.0. The largest absolute Gasteiger partial charge is 0.381 e.